The number of nitrogens with zero attached hydrogens (tertiary/aromatic N) is 4. The van der Waals surface area contributed by atoms with Gasteiger partial charge in [0.15, 0.2) is 0 Å². The lowest BCUT2D eigenvalue weighted by atomic mass is 9.63. The first kappa shape index (κ1) is 24.9. The molecule has 3 amide bonds. The van der Waals surface area contributed by atoms with Crippen molar-refractivity contribution in [1.29, 1.82) is 0 Å². The summed E-state index contributed by atoms with van der Waals surface area (Å²) >= 11 is 1.49. The maximum atomic E-state index is 12.7. The highest BCUT2D eigenvalue weighted by Crippen LogP contribution is 2.48. The maximum Gasteiger partial charge on any atom is 0.251 e. The fourth-order valence-corrected chi connectivity index (χ4v) is 6.66. The van der Waals surface area contributed by atoms with Gasteiger partial charge in [-0.15, -0.1) is 16.4 Å². The summed E-state index contributed by atoms with van der Waals surface area (Å²) in [5, 5.41) is 15.6. The van der Waals surface area contributed by atoms with Crippen LogP contribution in [0.3, 0.4) is 0 Å². The molecule has 2 saturated heterocycles. The summed E-state index contributed by atoms with van der Waals surface area (Å²) in [5.41, 5.74) is 4.23. The number of carbonyl (C=O) groups is 3. The largest absolute Gasteiger partial charge is 0.326 e. The van der Waals surface area contributed by atoms with E-state index in [1.54, 1.807) is 6.20 Å². The number of hydrogen-bond acceptors (Lipinski definition) is 7. The van der Waals surface area contributed by atoms with E-state index in [4.69, 9.17) is 0 Å². The highest BCUT2D eigenvalue weighted by atomic mass is 32.1. The number of likely N-dealkylation sites (tertiary alicyclic amines) is 1. The van der Waals surface area contributed by atoms with Crippen molar-refractivity contribution in [2.45, 2.75) is 64.0 Å². The van der Waals surface area contributed by atoms with Crippen LogP contribution in [-0.2, 0) is 27.3 Å². The lowest BCUT2D eigenvalue weighted by Crippen LogP contribution is -2.43. The van der Waals surface area contributed by atoms with Crippen LogP contribution in [0.15, 0.2) is 41.9 Å². The number of hydrogen-bond donors (Lipinski definition) is 2. The Morgan fingerprint density at radius 3 is 2.63 bits per heavy atom. The molecule has 3 fully saturated rings. The van der Waals surface area contributed by atoms with Crippen molar-refractivity contribution in [1.82, 2.24) is 25.2 Å². The van der Waals surface area contributed by atoms with E-state index in [0.717, 1.165) is 22.7 Å². The number of imide groups is 1. The molecule has 1 aliphatic carbocycles. The molecule has 3 aromatic rings. The first-order valence-corrected chi connectivity index (χ1v) is 14.3. The van der Waals surface area contributed by atoms with Crippen LogP contribution in [0.5, 0.6) is 0 Å². The smallest absolute Gasteiger partial charge is 0.251 e. The summed E-state index contributed by atoms with van der Waals surface area (Å²) < 4.78 is 1.50. The Morgan fingerprint density at radius 2 is 1.92 bits per heavy atom. The fourth-order valence-electron chi connectivity index (χ4n) is 5.78. The summed E-state index contributed by atoms with van der Waals surface area (Å²) in [6, 6.07) is 9.58. The molecule has 198 valence electrons. The zero-order valence-corrected chi connectivity index (χ0v) is 22.1. The average molecular weight is 533 g/mol. The molecular formula is C28H32N6O3S. The Bertz CT molecular complexity index is 1330. The third-order valence-corrected chi connectivity index (χ3v) is 9.24. The number of anilines is 1. The van der Waals surface area contributed by atoms with E-state index in [1.165, 1.54) is 66.8 Å². The number of aromatic nitrogens is 3. The number of rotatable bonds is 7. The molecule has 1 unspecified atom stereocenters. The van der Waals surface area contributed by atoms with Gasteiger partial charge in [0, 0.05) is 34.5 Å². The molecule has 6 rings (SSSR count). The number of thiophene rings is 1. The van der Waals surface area contributed by atoms with Gasteiger partial charge in [-0.3, -0.25) is 24.6 Å². The molecule has 10 heteroatoms. The standard InChI is InChI=1S/C28H32N6O3S/c35-25-7-6-24(27(37)30-25)34-17-23(31-32-34)20-14-22(38-18-20)15-26(36)29-21-4-2-19(3-5-21)16-33-12-10-28(11-13-33)8-1-9-28/h2-5,14,17-18,24H,1,6-13,15-16H2,(H,29,36)(H,30,35,37). The second-order valence-corrected chi connectivity index (χ2v) is 11.9. The van der Waals surface area contributed by atoms with Crippen molar-refractivity contribution in [2.24, 2.45) is 5.41 Å². The van der Waals surface area contributed by atoms with Gasteiger partial charge in [-0.1, -0.05) is 23.8 Å². The Kier molecular flexibility index (Phi) is 6.84. The molecular weight excluding hydrogens is 500 g/mol. The number of benzene rings is 1. The Hall–Kier alpha value is -3.37. The Balaban J connectivity index is 0.997. The highest BCUT2D eigenvalue weighted by molar-refractivity contribution is 7.10. The molecule has 1 aromatic carbocycles. The van der Waals surface area contributed by atoms with Crippen LogP contribution in [0.4, 0.5) is 5.69 Å². The van der Waals surface area contributed by atoms with Crippen molar-refractivity contribution in [3.63, 3.8) is 0 Å². The summed E-state index contributed by atoms with van der Waals surface area (Å²) in [5.74, 6) is -0.691. The summed E-state index contributed by atoms with van der Waals surface area (Å²) in [7, 11) is 0. The van der Waals surface area contributed by atoms with Crippen molar-refractivity contribution >= 4 is 34.7 Å². The molecule has 2 aromatic heterocycles. The molecule has 0 radical (unpaired) electrons. The Morgan fingerprint density at radius 1 is 1.13 bits per heavy atom. The van der Waals surface area contributed by atoms with E-state index in [0.29, 0.717) is 17.5 Å². The van der Waals surface area contributed by atoms with E-state index >= 15 is 0 Å². The lowest BCUT2D eigenvalue weighted by molar-refractivity contribution is -0.136. The number of carbonyl (C=O) groups excluding carboxylic acids is 3. The van der Waals surface area contributed by atoms with Crippen molar-refractivity contribution in [2.75, 3.05) is 18.4 Å². The van der Waals surface area contributed by atoms with Crippen molar-refractivity contribution < 1.29 is 14.4 Å². The third kappa shape index (κ3) is 5.42. The van der Waals surface area contributed by atoms with Crippen LogP contribution in [0.25, 0.3) is 11.3 Å². The zero-order chi connectivity index (χ0) is 26.1. The number of piperidine rings is 2. The number of nitrogens with one attached hydrogen (secondary N) is 2. The lowest BCUT2D eigenvalue weighted by Gasteiger charge is -2.48. The van der Waals surface area contributed by atoms with Gasteiger partial charge in [-0.25, -0.2) is 4.68 Å². The SMILES string of the molecule is O=C1CCC(n2cc(-c3csc(CC(=O)Nc4ccc(CN5CCC6(CCC6)CC5)cc4)c3)nn2)C(=O)N1. The molecule has 2 N–H and O–H groups in total. The van der Waals surface area contributed by atoms with Crippen LogP contribution in [0, 0.1) is 5.41 Å². The molecule has 2 aliphatic heterocycles. The van der Waals surface area contributed by atoms with Gasteiger partial charge in [0.25, 0.3) is 5.91 Å². The normalized spacial score (nSPS) is 21.2. The van der Waals surface area contributed by atoms with Gasteiger partial charge in [0.05, 0.1) is 12.6 Å². The molecule has 9 nitrogen and oxygen atoms in total. The fraction of sp³-hybridized carbons (Fsp3) is 0.464. The summed E-state index contributed by atoms with van der Waals surface area (Å²) in [4.78, 5) is 39.6. The topological polar surface area (TPSA) is 109 Å². The maximum absolute atomic E-state index is 12.7. The van der Waals surface area contributed by atoms with Gasteiger partial charge in [0.1, 0.15) is 11.7 Å². The molecule has 3 aliphatic rings. The van der Waals surface area contributed by atoms with Gasteiger partial charge in [0.2, 0.25) is 11.8 Å². The quantitative estimate of drug-likeness (QED) is 0.447. The van der Waals surface area contributed by atoms with Crippen LogP contribution in [0.1, 0.15) is 61.4 Å². The van der Waals surface area contributed by atoms with E-state index in [-0.39, 0.29) is 30.6 Å². The van der Waals surface area contributed by atoms with Gasteiger partial charge < -0.3 is 5.32 Å². The van der Waals surface area contributed by atoms with E-state index in [2.05, 4.69) is 38.0 Å². The van der Waals surface area contributed by atoms with Crippen molar-refractivity contribution in [3.05, 3.63) is 52.3 Å². The van der Waals surface area contributed by atoms with E-state index in [1.807, 2.05) is 23.6 Å². The molecule has 38 heavy (non-hydrogen) atoms. The zero-order valence-electron chi connectivity index (χ0n) is 21.3. The average Bonchev–Trinajstić information content (AvgIpc) is 3.55. The first-order valence-electron chi connectivity index (χ1n) is 13.4. The van der Waals surface area contributed by atoms with E-state index < -0.39 is 6.04 Å². The van der Waals surface area contributed by atoms with Gasteiger partial charge >= 0.3 is 0 Å². The highest BCUT2D eigenvalue weighted by Gasteiger charge is 2.39. The van der Waals surface area contributed by atoms with Gasteiger partial charge in [-0.2, -0.15) is 0 Å². The Labute approximate surface area is 225 Å². The monoisotopic (exact) mass is 532 g/mol. The minimum Gasteiger partial charge on any atom is -0.326 e. The van der Waals surface area contributed by atoms with Crippen LogP contribution in [-0.4, -0.2) is 50.7 Å². The van der Waals surface area contributed by atoms with Crippen LogP contribution in [0.2, 0.25) is 0 Å². The first-order chi connectivity index (χ1) is 18.4. The second kappa shape index (κ2) is 10.4. The molecule has 4 heterocycles. The van der Waals surface area contributed by atoms with Gasteiger partial charge in [-0.05, 0) is 74.4 Å². The van der Waals surface area contributed by atoms with Crippen molar-refractivity contribution in [3.8, 4) is 11.3 Å². The minimum absolute atomic E-state index is 0.0693. The molecule has 1 spiro atoms. The third-order valence-electron chi connectivity index (χ3n) is 8.30. The summed E-state index contributed by atoms with van der Waals surface area (Å²) in [6.45, 7) is 3.35. The minimum atomic E-state index is -0.538. The van der Waals surface area contributed by atoms with E-state index in [9.17, 15) is 14.4 Å². The van der Waals surface area contributed by atoms with Crippen LogP contribution >= 0.6 is 11.3 Å². The second-order valence-electron chi connectivity index (χ2n) is 10.9. The molecule has 1 saturated carbocycles. The molecule has 0 bridgehead atoms. The predicted octanol–water partition coefficient (Wildman–Crippen LogP) is 3.93. The van der Waals surface area contributed by atoms with Crippen LogP contribution < -0.4 is 10.6 Å². The number of amides is 3. The molecule has 1 atom stereocenters. The summed E-state index contributed by atoms with van der Waals surface area (Å²) in [6.07, 6.45) is 9.60. The predicted molar refractivity (Wildman–Crippen MR) is 144 cm³/mol.